The predicted molar refractivity (Wildman–Crippen MR) is 136 cm³/mol. The minimum Gasteiger partial charge on any atom is -0.378 e. The highest BCUT2D eigenvalue weighted by Gasteiger charge is 2.14. The van der Waals surface area contributed by atoms with Crippen LogP contribution < -0.4 is 15.5 Å². The number of pyridine rings is 1. The number of aromatic nitrogens is 4. The third-order valence-electron chi connectivity index (χ3n) is 5.69. The molecule has 4 heterocycles. The summed E-state index contributed by atoms with van der Waals surface area (Å²) in [6.07, 6.45) is 3.40. The van der Waals surface area contributed by atoms with Crippen molar-refractivity contribution in [3.8, 4) is 0 Å². The molecule has 1 aliphatic heterocycles. The van der Waals surface area contributed by atoms with Crippen molar-refractivity contribution in [2.75, 3.05) is 48.9 Å². The minimum atomic E-state index is -2.08. The molecule has 0 saturated carbocycles. The Hall–Kier alpha value is -3.58. The third-order valence-corrected chi connectivity index (χ3v) is 6.35. The lowest BCUT2D eigenvalue weighted by Gasteiger charge is -2.28. The van der Waals surface area contributed by atoms with Gasteiger partial charge < -0.3 is 20.3 Å². The van der Waals surface area contributed by atoms with E-state index in [1.54, 1.807) is 30.0 Å². The van der Waals surface area contributed by atoms with Crippen LogP contribution in [0.5, 0.6) is 0 Å². The van der Waals surface area contributed by atoms with Crippen LogP contribution in [0.15, 0.2) is 60.9 Å². The first-order valence-corrected chi connectivity index (χ1v) is 12.2. The lowest BCUT2D eigenvalue weighted by Crippen LogP contribution is -2.36. The van der Waals surface area contributed by atoms with Crippen LogP contribution in [0.2, 0.25) is 0 Å². The van der Waals surface area contributed by atoms with Crippen LogP contribution in [0, 0.1) is 0 Å². The van der Waals surface area contributed by atoms with Crippen molar-refractivity contribution in [2.24, 2.45) is 0 Å². The van der Waals surface area contributed by atoms with Crippen molar-refractivity contribution in [1.82, 2.24) is 23.9 Å². The van der Waals surface area contributed by atoms with Gasteiger partial charge >= 0.3 is 0 Å². The van der Waals surface area contributed by atoms with Gasteiger partial charge in [-0.15, -0.1) is 5.10 Å². The fourth-order valence-electron chi connectivity index (χ4n) is 3.84. The number of rotatable bonds is 8. The lowest BCUT2D eigenvalue weighted by atomic mass is 10.2. The van der Waals surface area contributed by atoms with E-state index in [-0.39, 0.29) is 6.54 Å². The summed E-state index contributed by atoms with van der Waals surface area (Å²) in [6.45, 7) is 3.49. The van der Waals surface area contributed by atoms with E-state index in [0.29, 0.717) is 11.6 Å². The van der Waals surface area contributed by atoms with Gasteiger partial charge in [0.2, 0.25) is 17.2 Å². The maximum absolute atomic E-state index is 11.3. The Bertz CT molecular complexity index is 1320. The predicted octanol–water partition coefficient (Wildman–Crippen LogP) is 3.02. The molecule has 1 fully saturated rings. The van der Waals surface area contributed by atoms with Crippen LogP contribution in [0.1, 0.15) is 5.69 Å². The highest BCUT2D eigenvalue weighted by molar-refractivity contribution is 7.76. The number of morpholine rings is 1. The highest BCUT2D eigenvalue weighted by atomic mass is 32.2. The maximum Gasteiger partial charge on any atom is 0.245 e. The molecule has 0 radical (unpaired) electrons. The number of fused-ring (bicyclic) bond motifs is 1. The first kappa shape index (κ1) is 23.2. The van der Waals surface area contributed by atoms with E-state index in [1.165, 1.54) is 4.31 Å². The maximum atomic E-state index is 11.3. The average Bonchev–Trinajstić information content (AvgIpc) is 3.28. The standard InChI is InChI=1S/C23H26N8O3S/c1-29(35(32)33)16-21-20(3-2-10-24-21)27-22-9-8-19-15-25-23(28-31(19)22)26-17-4-6-18(7-5-17)30-11-13-34-14-12-30/h2-10,15,27H,11-14,16H2,1H3,(H,26,28)(H,32,33). The Balaban J connectivity index is 1.34. The highest BCUT2D eigenvalue weighted by Crippen LogP contribution is 2.24. The van der Waals surface area contributed by atoms with Gasteiger partial charge in [-0.05, 0) is 48.5 Å². The number of ether oxygens (including phenoxy) is 1. The molecule has 0 bridgehead atoms. The molecule has 0 amide bonds. The van der Waals surface area contributed by atoms with E-state index in [2.05, 4.69) is 42.7 Å². The molecule has 1 atom stereocenters. The Morgan fingerprint density at radius 2 is 1.89 bits per heavy atom. The summed E-state index contributed by atoms with van der Waals surface area (Å²) in [7, 11) is 1.56. The molecular formula is C23H26N8O3S. The second-order valence-corrected chi connectivity index (χ2v) is 9.13. The summed E-state index contributed by atoms with van der Waals surface area (Å²) in [5.41, 5.74) is 4.23. The Morgan fingerprint density at radius 3 is 2.66 bits per heavy atom. The van der Waals surface area contributed by atoms with Gasteiger partial charge in [0.25, 0.3) is 0 Å². The molecule has 12 heteroatoms. The van der Waals surface area contributed by atoms with Crippen molar-refractivity contribution < 1.29 is 13.5 Å². The van der Waals surface area contributed by atoms with Gasteiger partial charge in [0, 0.05) is 37.7 Å². The zero-order valence-electron chi connectivity index (χ0n) is 19.2. The van der Waals surface area contributed by atoms with E-state index in [1.807, 2.05) is 30.3 Å². The van der Waals surface area contributed by atoms with Crippen molar-refractivity contribution in [2.45, 2.75) is 6.54 Å². The molecule has 3 N–H and O–H groups in total. The van der Waals surface area contributed by atoms with Crippen molar-refractivity contribution in [1.29, 1.82) is 0 Å². The summed E-state index contributed by atoms with van der Waals surface area (Å²) in [6, 6.07) is 15.7. The molecule has 1 aliphatic rings. The molecule has 0 spiro atoms. The van der Waals surface area contributed by atoms with Gasteiger partial charge in [-0.1, -0.05) is 0 Å². The fraction of sp³-hybridized carbons (Fsp3) is 0.261. The molecule has 5 rings (SSSR count). The summed E-state index contributed by atoms with van der Waals surface area (Å²) in [5, 5.41) is 11.2. The molecular weight excluding hydrogens is 468 g/mol. The fourth-order valence-corrected chi connectivity index (χ4v) is 4.07. The van der Waals surface area contributed by atoms with Crippen molar-refractivity contribution in [3.63, 3.8) is 0 Å². The van der Waals surface area contributed by atoms with Crippen LogP contribution in [0.25, 0.3) is 5.52 Å². The van der Waals surface area contributed by atoms with E-state index in [0.717, 1.165) is 54.7 Å². The quantitative estimate of drug-likeness (QED) is 0.318. The normalized spacial score (nSPS) is 14.9. The lowest BCUT2D eigenvalue weighted by molar-refractivity contribution is 0.122. The number of benzene rings is 1. The van der Waals surface area contributed by atoms with Gasteiger partial charge in [-0.25, -0.2) is 13.7 Å². The second kappa shape index (κ2) is 10.4. The van der Waals surface area contributed by atoms with Crippen LogP contribution in [0.4, 0.5) is 28.8 Å². The smallest absolute Gasteiger partial charge is 0.245 e. The molecule has 35 heavy (non-hydrogen) atoms. The summed E-state index contributed by atoms with van der Waals surface area (Å²) < 4.78 is 29.1. The van der Waals surface area contributed by atoms with Crippen LogP contribution in [-0.2, 0) is 22.5 Å². The zero-order valence-corrected chi connectivity index (χ0v) is 20.0. The number of hydrogen-bond donors (Lipinski definition) is 3. The van der Waals surface area contributed by atoms with E-state index in [9.17, 15) is 8.76 Å². The van der Waals surface area contributed by atoms with Crippen LogP contribution in [0.3, 0.4) is 0 Å². The van der Waals surface area contributed by atoms with Gasteiger partial charge in [0.15, 0.2) is 0 Å². The number of nitrogens with zero attached hydrogens (tertiary/aromatic N) is 6. The first-order valence-electron chi connectivity index (χ1n) is 11.1. The summed E-state index contributed by atoms with van der Waals surface area (Å²) >= 11 is -2.08. The van der Waals surface area contributed by atoms with Gasteiger partial charge in [-0.2, -0.15) is 4.31 Å². The topological polar surface area (TPSA) is 120 Å². The van der Waals surface area contributed by atoms with Gasteiger partial charge in [0.1, 0.15) is 5.82 Å². The zero-order chi connectivity index (χ0) is 24.2. The Labute approximate surface area is 205 Å². The van der Waals surface area contributed by atoms with E-state index in [4.69, 9.17) is 4.74 Å². The largest absolute Gasteiger partial charge is 0.378 e. The second-order valence-electron chi connectivity index (χ2n) is 8.05. The number of nitrogens with one attached hydrogen (secondary N) is 2. The SMILES string of the molecule is CN(Cc1ncccc1Nc1ccc2cnc(Nc3ccc(N4CCOCC4)cc3)nn12)S(=O)O. The first-order chi connectivity index (χ1) is 17.1. The Morgan fingerprint density at radius 1 is 1.09 bits per heavy atom. The van der Waals surface area contributed by atoms with Crippen molar-refractivity contribution in [3.05, 3.63) is 66.6 Å². The molecule has 3 aromatic heterocycles. The van der Waals surface area contributed by atoms with Crippen molar-refractivity contribution >= 4 is 45.6 Å². The van der Waals surface area contributed by atoms with E-state index < -0.39 is 11.3 Å². The third kappa shape index (κ3) is 5.41. The Kier molecular flexibility index (Phi) is 6.86. The summed E-state index contributed by atoms with van der Waals surface area (Å²) in [4.78, 5) is 11.1. The van der Waals surface area contributed by atoms with Gasteiger partial charge in [0.05, 0.1) is 42.9 Å². The number of hydrogen-bond acceptors (Lipinski definition) is 8. The molecule has 4 aromatic rings. The molecule has 182 valence electrons. The monoisotopic (exact) mass is 494 g/mol. The van der Waals surface area contributed by atoms with Gasteiger partial charge in [-0.3, -0.25) is 9.54 Å². The molecule has 1 saturated heterocycles. The average molecular weight is 495 g/mol. The van der Waals surface area contributed by atoms with Crippen LogP contribution in [-0.4, -0.2) is 66.0 Å². The van der Waals surface area contributed by atoms with E-state index >= 15 is 0 Å². The summed E-state index contributed by atoms with van der Waals surface area (Å²) in [5.74, 6) is 1.17. The molecule has 1 unspecified atom stereocenters. The molecule has 1 aromatic carbocycles. The molecule has 0 aliphatic carbocycles. The van der Waals surface area contributed by atoms with Crippen LogP contribution >= 0.6 is 0 Å². The number of anilines is 5. The molecule has 11 nitrogen and oxygen atoms in total. The minimum absolute atomic E-state index is 0.206.